The average Bonchev–Trinajstić information content (AvgIpc) is 3.22. The maximum Gasteiger partial charge on any atom is -0.0348 e. The molecule has 0 fully saturated rings. The summed E-state index contributed by atoms with van der Waals surface area (Å²) in [6.45, 7) is 12.0. The number of hydrogen-bond acceptors (Lipinski definition) is 0. The summed E-state index contributed by atoms with van der Waals surface area (Å²) in [5, 5.41) is 0. The van der Waals surface area contributed by atoms with E-state index >= 15 is 0 Å². The lowest BCUT2D eigenvalue weighted by molar-refractivity contribution is 0.518. The van der Waals surface area contributed by atoms with Crippen molar-refractivity contribution in [3.05, 3.63) is 49.6 Å². The Bertz CT molecular complexity index is 741. The van der Waals surface area contributed by atoms with Crippen LogP contribution >= 0.6 is 0 Å². The number of unbranched alkanes of at least 4 members (excludes halogenated alkanes) is 45. The number of hydrogen-bond donors (Lipinski definition) is 0. The first kappa shape index (κ1) is 58.1. The molecule has 0 saturated heterocycles. The van der Waals surface area contributed by atoms with Crippen LogP contribution in [0.2, 0.25) is 0 Å². The highest BCUT2D eigenvalue weighted by Crippen LogP contribution is 2.17. The SMILES string of the molecule is C=C/C=C/CCCCCCCCCCCCCCCCCCCCCCCC.C=C/C=C/CCCCCCCCCCCCCCCCCCCCCCCCC. The maximum atomic E-state index is 3.70. The fraction of sp³-hybridized carbons (Fsp3) is 0.860. The van der Waals surface area contributed by atoms with Crippen molar-refractivity contribution in [2.24, 2.45) is 0 Å². The summed E-state index contributed by atoms with van der Waals surface area (Å²) in [7, 11) is 0. The van der Waals surface area contributed by atoms with Crippen LogP contribution in [0.5, 0.6) is 0 Å². The quantitative estimate of drug-likeness (QED) is 0.0425. The van der Waals surface area contributed by atoms with E-state index in [1.807, 2.05) is 12.2 Å². The van der Waals surface area contributed by atoms with Gasteiger partial charge in [0.2, 0.25) is 0 Å². The zero-order chi connectivity index (χ0) is 41.5. The smallest absolute Gasteiger partial charge is 0.0348 e. The molecule has 0 radical (unpaired) electrons. The Morgan fingerprint density at radius 2 is 0.351 bits per heavy atom. The molecular weight excluding hydrogens is 685 g/mol. The summed E-state index contributed by atoms with van der Waals surface area (Å²) in [5.74, 6) is 0. The topological polar surface area (TPSA) is 0 Å². The Morgan fingerprint density at radius 3 is 0.491 bits per heavy atom. The molecule has 0 nitrogen and oxygen atoms in total. The van der Waals surface area contributed by atoms with Crippen LogP contribution < -0.4 is 0 Å². The molecule has 0 aromatic carbocycles. The molecule has 0 aromatic rings. The minimum atomic E-state index is 1.23. The maximum absolute atomic E-state index is 3.70. The largest absolute Gasteiger partial charge is 0.0991 e. The first-order valence-electron chi connectivity index (χ1n) is 26.9. The van der Waals surface area contributed by atoms with Gasteiger partial charge in [-0.25, -0.2) is 0 Å². The standard InChI is InChI=1S/C29H56.C28H54/c1-3-5-7-9-11-13-15-17-19-21-23-25-27-29-28-26-24-22-20-18-16-14-12-10-8-6-4-2;1-3-5-7-9-11-13-15-17-19-21-23-25-27-28-26-24-22-20-18-16-14-12-10-8-6-4-2/h3,5,7H,1,4,6,8-29H2,2H3;3,5,7H,1,4,6,8-28H2,2H3/b2*7-5+. The summed E-state index contributed by atoms with van der Waals surface area (Å²) in [6.07, 6.45) is 80.5. The van der Waals surface area contributed by atoms with Crippen LogP contribution in [0.25, 0.3) is 0 Å². The third kappa shape index (κ3) is 61.8. The van der Waals surface area contributed by atoms with Crippen molar-refractivity contribution in [2.75, 3.05) is 0 Å². The van der Waals surface area contributed by atoms with Crippen LogP contribution in [0.4, 0.5) is 0 Å². The van der Waals surface area contributed by atoms with Crippen molar-refractivity contribution in [3.63, 3.8) is 0 Å². The second kappa shape index (κ2) is 59.3. The minimum Gasteiger partial charge on any atom is -0.0991 e. The number of allylic oxidation sites excluding steroid dienone is 6. The average molecular weight is 796 g/mol. The van der Waals surface area contributed by atoms with Crippen molar-refractivity contribution in [2.45, 2.75) is 316 Å². The van der Waals surface area contributed by atoms with Gasteiger partial charge < -0.3 is 0 Å². The Balaban J connectivity index is 0. The second-order valence-electron chi connectivity index (χ2n) is 18.1. The Morgan fingerprint density at radius 1 is 0.211 bits per heavy atom. The summed E-state index contributed by atoms with van der Waals surface area (Å²) in [6, 6.07) is 0. The van der Waals surface area contributed by atoms with Gasteiger partial charge in [0.15, 0.2) is 0 Å². The van der Waals surface area contributed by atoms with Crippen molar-refractivity contribution in [3.8, 4) is 0 Å². The second-order valence-corrected chi connectivity index (χ2v) is 18.1. The molecule has 0 bridgehead atoms. The highest BCUT2D eigenvalue weighted by Gasteiger charge is 1.98. The van der Waals surface area contributed by atoms with Crippen LogP contribution in [-0.2, 0) is 0 Å². The van der Waals surface area contributed by atoms with Gasteiger partial charge in [0.25, 0.3) is 0 Å². The van der Waals surface area contributed by atoms with Gasteiger partial charge in [-0.3, -0.25) is 0 Å². The fourth-order valence-corrected chi connectivity index (χ4v) is 8.30. The lowest BCUT2D eigenvalue weighted by atomic mass is 10.0. The lowest BCUT2D eigenvalue weighted by Gasteiger charge is -2.04. The van der Waals surface area contributed by atoms with Gasteiger partial charge in [0.1, 0.15) is 0 Å². The Hall–Kier alpha value is -1.04. The summed E-state index contributed by atoms with van der Waals surface area (Å²) in [4.78, 5) is 0. The van der Waals surface area contributed by atoms with Crippen molar-refractivity contribution in [1.82, 2.24) is 0 Å². The summed E-state index contributed by atoms with van der Waals surface area (Å²) < 4.78 is 0. The normalized spacial score (nSPS) is 11.5. The molecule has 0 heterocycles. The predicted octanol–water partition coefficient (Wildman–Crippen LogP) is 21.8. The van der Waals surface area contributed by atoms with Crippen molar-refractivity contribution >= 4 is 0 Å². The van der Waals surface area contributed by atoms with Gasteiger partial charge in [-0.15, -0.1) is 0 Å². The lowest BCUT2D eigenvalue weighted by Crippen LogP contribution is -1.84. The van der Waals surface area contributed by atoms with E-state index in [0.29, 0.717) is 0 Å². The molecule has 0 amide bonds. The Labute approximate surface area is 363 Å². The molecule has 0 heteroatoms. The van der Waals surface area contributed by atoms with Gasteiger partial charge in [0.05, 0.1) is 0 Å². The zero-order valence-electron chi connectivity index (χ0n) is 40.1. The molecule has 0 rings (SSSR count). The molecule has 0 N–H and O–H groups in total. The van der Waals surface area contributed by atoms with Gasteiger partial charge >= 0.3 is 0 Å². The van der Waals surface area contributed by atoms with E-state index < -0.39 is 0 Å². The minimum absolute atomic E-state index is 1.23. The molecule has 0 aliphatic heterocycles. The fourth-order valence-electron chi connectivity index (χ4n) is 8.30. The first-order valence-corrected chi connectivity index (χ1v) is 26.9. The predicted molar refractivity (Wildman–Crippen MR) is 267 cm³/mol. The van der Waals surface area contributed by atoms with Crippen LogP contribution in [0, 0.1) is 0 Å². The van der Waals surface area contributed by atoms with Crippen molar-refractivity contribution < 1.29 is 0 Å². The monoisotopic (exact) mass is 795 g/mol. The highest BCUT2D eigenvalue weighted by atomic mass is 14.0. The van der Waals surface area contributed by atoms with Gasteiger partial charge in [-0.05, 0) is 25.7 Å². The summed E-state index contributed by atoms with van der Waals surface area (Å²) in [5.41, 5.74) is 0. The van der Waals surface area contributed by atoms with E-state index in [1.54, 1.807) is 0 Å². The number of rotatable bonds is 49. The van der Waals surface area contributed by atoms with Gasteiger partial charge in [-0.2, -0.15) is 0 Å². The van der Waals surface area contributed by atoms with Crippen LogP contribution in [-0.4, -0.2) is 0 Å². The van der Waals surface area contributed by atoms with Gasteiger partial charge in [-0.1, -0.05) is 340 Å². The third-order valence-corrected chi connectivity index (χ3v) is 12.2. The molecule has 57 heavy (non-hydrogen) atoms. The summed E-state index contributed by atoms with van der Waals surface area (Å²) >= 11 is 0. The van der Waals surface area contributed by atoms with Crippen molar-refractivity contribution in [1.29, 1.82) is 0 Å². The zero-order valence-corrected chi connectivity index (χ0v) is 40.1. The van der Waals surface area contributed by atoms with Crippen LogP contribution in [0.3, 0.4) is 0 Å². The molecule has 0 saturated carbocycles. The van der Waals surface area contributed by atoms with Gasteiger partial charge in [0, 0.05) is 0 Å². The highest BCUT2D eigenvalue weighted by molar-refractivity contribution is 4.97. The molecule has 0 aliphatic rings. The molecule has 0 atom stereocenters. The van der Waals surface area contributed by atoms with E-state index in [-0.39, 0.29) is 0 Å². The Kier molecular flexibility index (Phi) is 60.4. The molecule has 0 spiro atoms. The van der Waals surface area contributed by atoms with Crippen LogP contribution in [0.15, 0.2) is 49.6 Å². The molecule has 0 aliphatic carbocycles. The van der Waals surface area contributed by atoms with E-state index in [0.717, 1.165) is 0 Å². The van der Waals surface area contributed by atoms with E-state index in [1.165, 1.54) is 302 Å². The molecular formula is C57H110. The van der Waals surface area contributed by atoms with Crippen LogP contribution in [0.1, 0.15) is 316 Å². The van der Waals surface area contributed by atoms with E-state index in [4.69, 9.17) is 0 Å². The molecule has 338 valence electrons. The molecule has 0 unspecified atom stereocenters. The third-order valence-electron chi connectivity index (χ3n) is 12.2. The first-order chi connectivity index (χ1) is 28.3. The molecule has 0 aromatic heterocycles. The van der Waals surface area contributed by atoms with E-state index in [2.05, 4.69) is 51.3 Å². The van der Waals surface area contributed by atoms with E-state index in [9.17, 15) is 0 Å².